The molecule has 0 spiro atoms. The first-order chi connectivity index (χ1) is 9.30. The van der Waals surface area contributed by atoms with Gasteiger partial charge in [0.25, 0.3) is 0 Å². The van der Waals surface area contributed by atoms with Crippen molar-refractivity contribution >= 4 is 5.82 Å². The van der Waals surface area contributed by atoms with E-state index in [-0.39, 0.29) is 5.41 Å². The van der Waals surface area contributed by atoms with Gasteiger partial charge in [0.15, 0.2) is 0 Å². The molecule has 0 aliphatic rings. The van der Waals surface area contributed by atoms with Crippen molar-refractivity contribution in [2.45, 2.75) is 52.5 Å². The maximum Gasteiger partial charge on any atom is 0.127 e. The number of anilines is 1. The van der Waals surface area contributed by atoms with Crippen LogP contribution in [0.4, 0.5) is 5.82 Å². The molecule has 0 aliphatic carbocycles. The topological polar surface area (TPSA) is 43.8 Å². The number of hydrogen-bond acceptors (Lipinski definition) is 2. The second-order valence-corrected chi connectivity index (χ2v) is 6.68. The largest absolute Gasteiger partial charge is 0.384 e. The zero-order valence-electron chi connectivity index (χ0n) is 13.1. The van der Waals surface area contributed by atoms with Gasteiger partial charge < -0.3 is 10.3 Å². The van der Waals surface area contributed by atoms with E-state index >= 15 is 0 Å². The van der Waals surface area contributed by atoms with Crippen molar-refractivity contribution in [1.29, 1.82) is 0 Å². The summed E-state index contributed by atoms with van der Waals surface area (Å²) in [5.41, 5.74) is 8.59. The number of benzene rings is 1. The Hall–Kier alpha value is -1.77. The smallest absolute Gasteiger partial charge is 0.127 e. The molecule has 20 heavy (non-hydrogen) atoms. The van der Waals surface area contributed by atoms with E-state index in [0.29, 0.717) is 5.92 Å². The Morgan fingerprint density at radius 1 is 1.15 bits per heavy atom. The highest BCUT2D eigenvalue weighted by atomic mass is 15.1. The lowest BCUT2D eigenvalue weighted by molar-refractivity contribution is 0.571. The van der Waals surface area contributed by atoms with Gasteiger partial charge in [0.1, 0.15) is 11.6 Å². The fraction of sp³-hybridized carbons (Fsp3) is 0.471. The van der Waals surface area contributed by atoms with Gasteiger partial charge in [0, 0.05) is 11.3 Å². The summed E-state index contributed by atoms with van der Waals surface area (Å²) in [6, 6.07) is 10.4. The molecule has 0 fully saturated rings. The first-order valence-electron chi connectivity index (χ1n) is 7.21. The van der Waals surface area contributed by atoms with E-state index in [1.54, 1.807) is 0 Å². The van der Waals surface area contributed by atoms with E-state index < -0.39 is 0 Å². The van der Waals surface area contributed by atoms with Crippen LogP contribution in [0.1, 0.15) is 57.6 Å². The highest BCUT2D eigenvalue weighted by molar-refractivity contribution is 5.43. The third kappa shape index (κ3) is 2.87. The summed E-state index contributed by atoms with van der Waals surface area (Å²) in [5.74, 6) is 2.22. The van der Waals surface area contributed by atoms with Crippen LogP contribution in [0.5, 0.6) is 0 Å². The minimum absolute atomic E-state index is 0.0321. The third-order valence-corrected chi connectivity index (χ3v) is 3.45. The molecular formula is C17H25N3. The molecule has 2 aromatic rings. The average molecular weight is 271 g/mol. The van der Waals surface area contributed by atoms with Crippen LogP contribution in [0.25, 0.3) is 0 Å². The Morgan fingerprint density at radius 3 is 2.25 bits per heavy atom. The maximum atomic E-state index is 6.38. The molecular weight excluding hydrogens is 246 g/mol. The first-order valence-corrected chi connectivity index (χ1v) is 7.21. The summed E-state index contributed by atoms with van der Waals surface area (Å²) < 4.78 is 2.15. The van der Waals surface area contributed by atoms with E-state index in [9.17, 15) is 0 Å². The van der Waals surface area contributed by atoms with E-state index in [4.69, 9.17) is 10.7 Å². The Labute approximate surface area is 121 Å². The molecule has 3 nitrogen and oxygen atoms in total. The number of nitrogens with two attached hydrogens (primary N) is 1. The van der Waals surface area contributed by atoms with E-state index in [0.717, 1.165) is 23.9 Å². The second-order valence-electron chi connectivity index (χ2n) is 6.68. The van der Waals surface area contributed by atoms with Crippen molar-refractivity contribution in [2.75, 3.05) is 5.73 Å². The minimum atomic E-state index is -0.0321. The predicted molar refractivity (Wildman–Crippen MR) is 85.0 cm³/mol. The number of aromatic nitrogens is 2. The number of nitrogens with zero attached hydrogens (tertiary/aromatic N) is 2. The molecule has 0 saturated carbocycles. The summed E-state index contributed by atoms with van der Waals surface area (Å²) in [7, 11) is 0. The van der Waals surface area contributed by atoms with Crippen LogP contribution in [0, 0.1) is 0 Å². The van der Waals surface area contributed by atoms with Crippen LogP contribution in [-0.4, -0.2) is 9.55 Å². The summed E-state index contributed by atoms with van der Waals surface area (Å²) >= 11 is 0. The summed E-state index contributed by atoms with van der Waals surface area (Å²) in [6.45, 7) is 11.6. The van der Waals surface area contributed by atoms with Gasteiger partial charge >= 0.3 is 0 Å². The van der Waals surface area contributed by atoms with Gasteiger partial charge in [-0.1, -0.05) is 65.0 Å². The van der Waals surface area contributed by atoms with Crippen molar-refractivity contribution in [3.63, 3.8) is 0 Å². The standard InChI is InChI=1S/C17H25N3/c1-12(2)16-19-14(17(3,4)5)15(18)20(16)11-13-9-7-6-8-10-13/h6-10,12H,11,18H2,1-5H3. The Balaban J connectivity index is 2.48. The maximum absolute atomic E-state index is 6.38. The van der Waals surface area contributed by atoms with Gasteiger partial charge in [-0.15, -0.1) is 0 Å². The fourth-order valence-corrected chi connectivity index (χ4v) is 2.41. The molecule has 2 N–H and O–H groups in total. The molecule has 2 rings (SSSR count). The van der Waals surface area contributed by atoms with Crippen LogP contribution in [0.15, 0.2) is 30.3 Å². The predicted octanol–water partition coefficient (Wildman–Crippen LogP) is 3.93. The first kappa shape index (κ1) is 14.6. The molecule has 0 radical (unpaired) electrons. The summed E-state index contributed by atoms with van der Waals surface area (Å²) in [4.78, 5) is 4.81. The van der Waals surface area contributed by atoms with Crippen LogP contribution in [0.2, 0.25) is 0 Å². The molecule has 1 aromatic carbocycles. The molecule has 3 heteroatoms. The average Bonchev–Trinajstić information content (AvgIpc) is 2.68. The fourth-order valence-electron chi connectivity index (χ4n) is 2.41. The molecule has 0 unspecified atom stereocenters. The van der Waals surface area contributed by atoms with Crippen LogP contribution < -0.4 is 5.73 Å². The van der Waals surface area contributed by atoms with E-state index in [1.165, 1.54) is 5.56 Å². The lowest BCUT2D eigenvalue weighted by atomic mass is 9.92. The van der Waals surface area contributed by atoms with Gasteiger partial charge in [-0.25, -0.2) is 4.98 Å². The van der Waals surface area contributed by atoms with Crippen LogP contribution in [0.3, 0.4) is 0 Å². The van der Waals surface area contributed by atoms with Crippen molar-refractivity contribution in [1.82, 2.24) is 9.55 Å². The van der Waals surface area contributed by atoms with Crippen molar-refractivity contribution in [3.8, 4) is 0 Å². The van der Waals surface area contributed by atoms with Crippen molar-refractivity contribution in [2.24, 2.45) is 0 Å². The Morgan fingerprint density at radius 2 is 1.75 bits per heavy atom. The number of imidazole rings is 1. The number of rotatable bonds is 3. The SMILES string of the molecule is CC(C)c1nc(C(C)(C)C)c(N)n1Cc1ccccc1. The molecule has 108 valence electrons. The molecule has 1 heterocycles. The molecule has 1 aromatic heterocycles. The van der Waals surface area contributed by atoms with Crippen LogP contribution in [-0.2, 0) is 12.0 Å². The third-order valence-electron chi connectivity index (χ3n) is 3.45. The zero-order chi connectivity index (χ0) is 14.9. The Bertz CT molecular complexity index is 574. The molecule has 0 aliphatic heterocycles. The van der Waals surface area contributed by atoms with Crippen LogP contribution >= 0.6 is 0 Å². The lowest BCUT2D eigenvalue weighted by Crippen LogP contribution is -2.15. The molecule has 0 atom stereocenters. The van der Waals surface area contributed by atoms with Crippen molar-refractivity contribution < 1.29 is 0 Å². The quantitative estimate of drug-likeness (QED) is 0.919. The summed E-state index contributed by atoms with van der Waals surface area (Å²) in [5, 5.41) is 0. The van der Waals surface area contributed by atoms with Crippen molar-refractivity contribution in [3.05, 3.63) is 47.4 Å². The van der Waals surface area contributed by atoms with Gasteiger partial charge in [0.05, 0.1) is 12.2 Å². The molecule has 0 bridgehead atoms. The zero-order valence-corrected chi connectivity index (χ0v) is 13.1. The summed E-state index contributed by atoms with van der Waals surface area (Å²) in [6.07, 6.45) is 0. The normalized spacial score (nSPS) is 12.1. The lowest BCUT2D eigenvalue weighted by Gasteiger charge is -2.16. The minimum Gasteiger partial charge on any atom is -0.384 e. The van der Waals surface area contributed by atoms with E-state index in [1.807, 2.05) is 6.07 Å². The highest BCUT2D eigenvalue weighted by Gasteiger charge is 2.25. The van der Waals surface area contributed by atoms with Gasteiger partial charge in [0.2, 0.25) is 0 Å². The van der Waals surface area contributed by atoms with Gasteiger partial charge in [-0.3, -0.25) is 0 Å². The molecule has 0 amide bonds. The van der Waals surface area contributed by atoms with Gasteiger partial charge in [-0.05, 0) is 5.56 Å². The van der Waals surface area contributed by atoms with E-state index in [2.05, 4.69) is 63.5 Å². The Kier molecular flexibility index (Phi) is 3.89. The second kappa shape index (κ2) is 5.31. The number of hydrogen-bond donors (Lipinski definition) is 1. The highest BCUT2D eigenvalue weighted by Crippen LogP contribution is 2.31. The van der Waals surface area contributed by atoms with Gasteiger partial charge in [-0.2, -0.15) is 0 Å². The molecule has 0 saturated heterocycles. The number of nitrogen functional groups attached to an aromatic ring is 1. The monoisotopic (exact) mass is 271 g/mol.